The fraction of sp³-hybridized carbons (Fsp3) is 0.609. The molecule has 1 aliphatic rings. The maximum atomic E-state index is 12.8. The molecule has 1 aromatic carbocycles. The Labute approximate surface area is 186 Å². The first-order valence-electron chi connectivity index (χ1n) is 10.9. The first-order chi connectivity index (χ1) is 14.8. The average molecular weight is 432 g/mol. The molecule has 172 valence electrons. The summed E-state index contributed by atoms with van der Waals surface area (Å²) in [5.41, 5.74) is 0.624. The number of nitrogens with zero attached hydrogens (tertiary/aromatic N) is 3. The predicted octanol–water partition coefficient (Wildman–Crippen LogP) is 1.86. The number of benzene rings is 1. The number of nitrogens with one attached hydrogen (secondary N) is 2. The molecule has 1 saturated carbocycles. The van der Waals surface area contributed by atoms with E-state index in [1.54, 1.807) is 19.0 Å². The SMILES string of the molecule is CCNC(=NCc1cccc(OCC(=O)N(C)C)c1)NCC1(C(=O)N(C)C)CCCC1. The van der Waals surface area contributed by atoms with Crippen molar-refractivity contribution in [2.45, 2.75) is 39.2 Å². The van der Waals surface area contributed by atoms with E-state index in [0.29, 0.717) is 24.8 Å². The molecule has 0 aromatic heterocycles. The molecule has 0 aliphatic heterocycles. The summed E-state index contributed by atoms with van der Waals surface area (Å²) in [5.74, 6) is 1.43. The van der Waals surface area contributed by atoms with Crippen molar-refractivity contribution in [1.29, 1.82) is 0 Å². The Hall–Kier alpha value is -2.77. The second-order valence-corrected chi connectivity index (χ2v) is 8.46. The van der Waals surface area contributed by atoms with Crippen LogP contribution in [0.3, 0.4) is 0 Å². The molecule has 8 nitrogen and oxygen atoms in total. The smallest absolute Gasteiger partial charge is 0.259 e. The van der Waals surface area contributed by atoms with E-state index in [4.69, 9.17) is 4.74 Å². The molecule has 2 rings (SSSR count). The van der Waals surface area contributed by atoms with Gasteiger partial charge in [-0.2, -0.15) is 0 Å². The minimum atomic E-state index is -0.355. The largest absolute Gasteiger partial charge is 0.484 e. The summed E-state index contributed by atoms with van der Waals surface area (Å²) in [6.07, 6.45) is 3.97. The number of carbonyl (C=O) groups is 2. The minimum Gasteiger partial charge on any atom is -0.484 e. The monoisotopic (exact) mass is 431 g/mol. The number of aliphatic imine (C=N–C) groups is 1. The van der Waals surface area contributed by atoms with Crippen molar-refractivity contribution in [2.24, 2.45) is 10.4 Å². The van der Waals surface area contributed by atoms with Gasteiger partial charge in [-0.25, -0.2) is 4.99 Å². The average Bonchev–Trinajstić information content (AvgIpc) is 3.23. The van der Waals surface area contributed by atoms with E-state index in [-0.39, 0.29) is 23.8 Å². The zero-order valence-electron chi connectivity index (χ0n) is 19.5. The summed E-state index contributed by atoms with van der Waals surface area (Å²) in [6.45, 7) is 3.79. The first-order valence-corrected chi connectivity index (χ1v) is 10.9. The molecular formula is C23H37N5O3. The third-order valence-electron chi connectivity index (χ3n) is 5.54. The van der Waals surface area contributed by atoms with Gasteiger partial charge in [-0.05, 0) is 37.5 Å². The van der Waals surface area contributed by atoms with E-state index >= 15 is 0 Å². The van der Waals surface area contributed by atoms with Gasteiger partial charge in [0.25, 0.3) is 5.91 Å². The van der Waals surface area contributed by atoms with E-state index in [0.717, 1.165) is 37.8 Å². The lowest BCUT2D eigenvalue weighted by atomic mass is 9.84. The van der Waals surface area contributed by atoms with Crippen molar-refractivity contribution in [3.63, 3.8) is 0 Å². The Morgan fingerprint density at radius 1 is 1.10 bits per heavy atom. The van der Waals surface area contributed by atoms with E-state index in [1.807, 2.05) is 45.3 Å². The van der Waals surface area contributed by atoms with Crippen LogP contribution in [-0.2, 0) is 16.1 Å². The maximum Gasteiger partial charge on any atom is 0.259 e. The van der Waals surface area contributed by atoms with Crippen LogP contribution in [0.4, 0.5) is 0 Å². The van der Waals surface area contributed by atoms with Crippen LogP contribution in [0.5, 0.6) is 5.75 Å². The van der Waals surface area contributed by atoms with Gasteiger partial charge < -0.3 is 25.2 Å². The van der Waals surface area contributed by atoms with Gasteiger partial charge in [0.1, 0.15) is 5.75 Å². The van der Waals surface area contributed by atoms with E-state index in [2.05, 4.69) is 15.6 Å². The molecule has 0 unspecified atom stereocenters. The van der Waals surface area contributed by atoms with Gasteiger partial charge >= 0.3 is 0 Å². The zero-order valence-corrected chi connectivity index (χ0v) is 19.5. The molecule has 0 heterocycles. The molecule has 0 saturated heterocycles. The fourth-order valence-electron chi connectivity index (χ4n) is 3.77. The van der Waals surface area contributed by atoms with Crippen LogP contribution in [0, 0.1) is 5.41 Å². The predicted molar refractivity (Wildman–Crippen MR) is 123 cm³/mol. The standard InChI is InChI=1S/C23H37N5O3/c1-6-24-22(26-17-23(12-7-8-13-23)21(30)28(4)5)25-15-18-10-9-11-19(14-18)31-16-20(29)27(2)3/h9-11,14H,6-8,12-13,15-17H2,1-5H3,(H2,24,25,26). The number of hydrogen-bond donors (Lipinski definition) is 2. The Balaban J connectivity index is 2.01. The van der Waals surface area contributed by atoms with Gasteiger partial charge in [-0.1, -0.05) is 25.0 Å². The number of hydrogen-bond acceptors (Lipinski definition) is 4. The summed E-state index contributed by atoms with van der Waals surface area (Å²) in [4.78, 5) is 32.4. The van der Waals surface area contributed by atoms with Gasteiger partial charge in [0.05, 0.1) is 12.0 Å². The van der Waals surface area contributed by atoms with E-state index < -0.39 is 0 Å². The highest BCUT2D eigenvalue weighted by molar-refractivity contribution is 5.85. The number of rotatable bonds is 9. The van der Waals surface area contributed by atoms with Crippen molar-refractivity contribution >= 4 is 17.8 Å². The van der Waals surface area contributed by atoms with Gasteiger partial charge in [0.2, 0.25) is 5.91 Å². The fourth-order valence-corrected chi connectivity index (χ4v) is 3.77. The summed E-state index contributed by atoms with van der Waals surface area (Å²) < 4.78 is 5.59. The Kier molecular flexibility index (Phi) is 9.15. The second-order valence-electron chi connectivity index (χ2n) is 8.46. The van der Waals surface area contributed by atoms with Crippen molar-refractivity contribution < 1.29 is 14.3 Å². The molecule has 0 atom stereocenters. The highest BCUT2D eigenvalue weighted by Crippen LogP contribution is 2.38. The van der Waals surface area contributed by atoms with Crippen LogP contribution in [0.2, 0.25) is 0 Å². The highest BCUT2D eigenvalue weighted by atomic mass is 16.5. The quantitative estimate of drug-likeness (QED) is 0.460. The van der Waals surface area contributed by atoms with Crippen LogP contribution in [0.1, 0.15) is 38.2 Å². The van der Waals surface area contributed by atoms with Crippen LogP contribution in [0.15, 0.2) is 29.3 Å². The number of carbonyl (C=O) groups excluding carboxylic acids is 2. The van der Waals surface area contributed by atoms with E-state index in [1.165, 1.54) is 4.90 Å². The highest BCUT2D eigenvalue weighted by Gasteiger charge is 2.42. The maximum absolute atomic E-state index is 12.8. The summed E-state index contributed by atoms with van der Waals surface area (Å²) in [7, 11) is 7.05. The minimum absolute atomic E-state index is 0.00586. The van der Waals surface area contributed by atoms with Crippen LogP contribution in [-0.4, -0.2) is 75.5 Å². The Bertz CT molecular complexity index is 770. The molecule has 2 N–H and O–H groups in total. The number of likely N-dealkylation sites (N-methyl/N-ethyl adjacent to an activating group) is 1. The second kappa shape index (κ2) is 11.6. The van der Waals surface area contributed by atoms with Gasteiger partial charge in [-0.15, -0.1) is 0 Å². The zero-order chi connectivity index (χ0) is 22.9. The van der Waals surface area contributed by atoms with Crippen molar-refractivity contribution in [3.8, 4) is 5.75 Å². The Morgan fingerprint density at radius 2 is 1.81 bits per heavy atom. The van der Waals surface area contributed by atoms with Crippen molar-refractivity contribution in [1.82, 2.24) is 20.4 Å². The lowest BCUT2D eigenvalue weighted by molar-refractivity contribution is -0.138. The normalized spacial score (nSPS) is 15.3. The lowest BCUT2D eigenvalue weighted by Crippen LogP contribution is -2.49. The van der Waals surface area contributed by atoms with Crippen molar-refractivity contribution in [3.05, 3.63) is 29.8 Å². The van der Waals surface area contributed by atoms with Crippen molar-refractivity contribution in [2.75, 3.05) is 47.9 Å². The van der Waals surface area contributed by atoms with Crippen LogP contribution in [0.25, 0.3) is 0 Å². The van der Waals surface area contributed by atoms with Crippen LogP contribution < -0.4 is 15.4 Å². The molecule has 1 aliphatic carbocycles. The summed E-state index contributed by atoms with van der Waals surface area (Å²) in [6, 6.07) is 7.59. The molecule has 8 heteroatoms. The number of guanidine groups is 1. The molecule has 2 amide bonds. The Morgan fingerprint density at radius 3 is 2.42 bits per heavy atom. The molecule has 31 heavy (non-hydrogen) atoms. The van der Waals surface area contributed by atoms with Crippen LogP contribution >= 0.6 is 0 Å². The molecule has 1 fully saturated rings. The molecular weight excluding hydrogens is 394 g/mol. The first kappa shape index (κ1) is 24.5. The van der Waals surface area contributed by atoms with Gasteiger partial charge in [-0.3, -0.25) is 9.59 Å². The summed E-state index contributed by atoms with van der Waals surface area (Å²) >= 11 is 0. The molecule has 0 radical (unpaired) electrons. The number of ether oxygens (including phenoxy) is 1. The van der Waals surface area contributed by atoms with Gasteiger partial charge in [0.15, 0.2) is 12.6 Å². The summed E-state index contributed by atoms with van der Waals surface area (Å²) in [5, 5.41) is 6.65. The van der Waals surface area contributed by atoms with E-state index in [9.17, 15) is 9.59 Å². The third kappa shape index (κ3) is 7.15. The molecule has 0 spiro atoms. The third-order valence-corrected chi connectivity index (χ3v) is 5.54. The lowest BCUT2D eigenvalue weighted by Gasteiger charge is -2.31. The molecule has 0 bridgehead atoms. The van der Waals surface area contributed by atoms with Gasteiger partial charge in [0, 0.05) is 41.3 Å². The topological polar surface area (TPSA) is 86.3 Å². The number of amides is 2. The molecule has 1 aromatic rings.